The van der Waals surface area contributed by atoms with E-state index in [1.807, 2.05) is 0 Å². The summed E-state index contributed by atoms with van der Waals surface area (Å²) in [5.74, 6) is 1.09. The average molecular weight is 272 g/mol. The molecule has 3 nitrogen and oxygen atoms in total. The Morgan fingerprint density at radius 1 is 1.35 bits per heavy atom. The molecule has 2 heterocycles. The smallest absolute Gasteiger partial charge is 0.123 e. The first-order valence-corrected chi connectivity index (χ1v) is 7.47. The van der Waals surface area contributed by atoms with Crippen LogP contribution in [-0.2, 0) is 19.9 Å². The quantitative estimate of drug-likeness (QED) is 0.854. The third-order valence-corrected chi connectivity index (χ3v) is 4.52. The zero-order valence-electron chi connectivity index (χ0n) is 12.9. The monoisotopic (exact) mass is 272 g/mol. The molecule has 0 saturated heterocycles. The number of aromatic nitrogens is 1. The molecule has 0 spiro atoms. The van der Waals surface area contributed by atoms with Crippen LogP contribution < -0.4 is 4.74 Å². The summed E-state index contributed by atoms with van der Waals surface area (Å²) in [4.78, 5) is 2.28. The fraction of sp³-hybridized carbons (Fsp3) is 0.529. The van der Waals surface area contributed by atoms with Crippen LogP contribution in [0.25, 0.3) is 10.9 Å². The zero-order valence-corrected chi connectivity index (χ0v) is 12.9. The van der Waals surface area contributed by atoms with Gasteiger partial charge in [0, 0.05) is 35.8 Å². The molecule has 0 radical (unpaired) electrons. The molecular weight excluding hydrogens is 248 g/mol. The lowest BCUT2D eigenvalue weighted by Gasteiger charge is -2.21. The standard InChI is InChI=1S/C17H24N2O/c1-12(18(2)3)10-13-11-19(4)15-7-8-16-14(17(13)15)6-5-9-20-16/h7-8,11-12H,5-6,9-10H2,1-4H3. The minimum absolute atomic E-state index is 0.543. The molecule has 1 unspecified atom stereocenters. The van der Waals surface area contributed by atoms with Crippen molar-refractivity contribution in [3.8, 4) is 5.75 Å². The van der Waals surface area contributed by atoms with Gasteiger partial charge in [0.25, 0.3) is 0 Å². The van der Waals surface area contributed by atoms with Crippen LogP contribution in [0.1, 0.15) is 24.5 Å². The van der Waals surface area contributed by atoms with Crippen molar-refractivity contribution in [2.24, 2.45) is 7.05 Å². The molecule has 1 aliphatic heterocycles. The highest BCUT2D eigenvalue weighted by Crippen LogP contribution is 2.35. The third-order valence-electron chi connectivity index (χ3n) is 4.52. The van der Waals surface area contributed by atoms with Gasteiger partial charge in [0.15, 0.2) is 0 Å². The number of rotatable bonds is 3. The first-order valence-electron chi connectivity index (χ1n) is 7.47. The van der Waals surface area contributed by atoms with Crippen LogP contribution in [0.15, 0.2) is 18.3 Å². The average Bonchev–Trinajstić information content (AvgIpc) is 2.75. The van der Waals surface area contributed by atoms with Gasteiger partial charge in [0.05, 0.1) is 6.61 Å². The van der Waals surface area contributed by atoms with Crippen molar-refractivity contribution >= 4 is 10.9 Å². The molecular formula is C17H24N2O. The number of fused-ring (bicyclic) bond motifs is 3. The predicted octanol–water partition coefficient (Wildman–Crippen LogP) is 3.00. The van der Waals surface area contributed by atoms with Gasteiger partial charge in [-0.15, -0.1) is 0 Å². The largest absolute Gasteiger partial charge is 0.493 e. The minimum Gasteiger partial charge on any atom is -0.493 e. The Labute approximate surface area is 121 Å². The van der Waals surface area contributed by atoms with Gasteiger partial charge < -0.3 is 14.2 Å². The number of ether oxygens (including phenoxy) is 1. The van der Waals surface area contributed by atoms with Gasteiger partial charge >= 0.3 is 0 Å². The number of nitrogens with zero attached hydrogens (tertiary/aromatic N) is 2. The second kappa shape index (κ2) is 5.13. The molecule has 0 fully saturated rings. The molecule has 0 saturated carbocycles. The third kappa shape index (κ3) is 2.20. The molecule has 0 aliphatic carbocycles. The van der Waals surface area contributed by atoms with Crippen molar-refractivity contribution < 1.29 is 4.74 Å². The van der Waals surface area contributed by atoms with Gasteiger partial charge in [-0.3, -0.25) is 0 Å². The lowest BCUT2D eigenvalue weighted by molar-refractivity contribution is 0.289. The van der Waals surface area contributed by atoms with Crippen LogP contribution >= 0.6 is 0 Å². The maximum atomic E-state index is 5.83. The molecule has 2 aromatic rings. The van der Waals surface area contributed by atoms with Crippen LogP contribution in [0.3, 0.4) is 0 Å². The van der Waals surface area contributed by atoms with Crippen molar-refractivity contribution in [2.75, 3.05) is 20.7 Å². The van der Waals surface area contributed by atoms with E-state index in [0.29, 0.717) is 6.04 Å². The Balaban J connectivity index is 2.12. The van der Waals surface area contributed by atoms with Gasteiger partial charge in [-0.05, 0) is 58.0 Å². The topological polar surface area (TPSA) is 17.4 Å². The Morgan fingerprint density at radius 3 is 2.90 bits per heavy atom. The highest BCUT2D eigenvalue weighted by atomic mass is 16.5. The van der Waals surface area contributed by atoms with Crippen molar-refractivity contribution in [1.29, 1.82) is 0 Å². The second-order valence-electron chi connectivity index (χ2n) is 6.17. The van der Waals surface area contributed by atoms with Gasteiger partial charge in [0.1, 0.15) is 5.75 Å². The molecule has 108 valence electrons. The molecule has 1 aromatic carbocycles. The maximum Gasteiger partial charge on any atom is 0.123 e. The first-order chi connectivity index (χ1) is 9.58. The molecule has 20 heavy (non-hydrogen) atoms. The molecule has 1 aliphatic rings. The van der Waals surface area contributed by atoms with E-state index in [2.05, 4.69) is 55.9 Å². The lowest BCUT2D eigenvalue weighted by Crippen LogP contribution is -2.26. The highest BCUT2D eigenvalue weighted by molar-refractivity contribution is 5.89. The number of benzene rings is 1. The van der Waals surface area contributed by atoms with E-state index in [4.69, 9.17) is 4.74 Å². The summed E-state index contributed by atoms with van der Waals surface area (Å²) in [6.45, 7) is 3.14. The SMILES string of the molecule is CC(Cc1cn(C)c2ccc3c(c12)CCCO3)N(C)C. The molecule has 3 heteroatoms. The molecule has 3 rings (SSSR count). The van der Waals surface area contributed by atoms with E-state index in [1.54, 1.807) is 0 Å². The van der Waals surface area contributed by atoms with E-state index in [-0.39, 0.29) is 0 Å². The van der Waals surface area contributed by atoms with E-state index in [1.165, 1.54) is 22.0 Å². The summed E-state index contributed by atoms with van der Waals surface area (Å²) in [5.41, 5.74) is 4.19. The maximum absolute atomic E-state index is 5.83. The number of likely N-dealkylation sites (N-methyl/N-ethyl adjacent to an activating group) is 1. The van der Waals surface area contributed by atoms with Gasteiger partial charge in [0.2, 0.25) is 0 Å². The fourth-order valence-electron chi connectivity index (χ4n) is 3.11. The van der Waals surface area contributed by atoms with Crippen molar-refractivity contribution in [3.05, 3.63) is 29.5 Å². The summed E-state index contributed by atoms with van der Waals surface area (Å²) in [7, 11) is 6.44. The molecule has 0 amide bonds. The number of hydrogen-bond donors (Lipinski definition) is 0. The van der Waals surface area contributed by atoms with Crippen LogP contribution in [0.4, 0.5) is 0 Å². The van der Waals surface area contributed by atoms with Gasteiger partial charge in [-0.1, -0.05) is 0 Å². The van der Waals surface area contributed by atoms with Crippen LogP contribution in [-0.4, -0.2) is 36.2 Å². The Morgan fingerprint density at radius 2 is 2.15 bits per heavy atom. The normalized spacial score (nSPS) is 16.2. The van der Waals surface area contributed by atoms with Gasteiger partial charge in [-0.25, -0.2) is 0 Å². The Kier molecular flexibility index (Phi) is 3.47. The molecule has 1 aromatic heterocycles. The van der Waals surface area contributed by atoms with Crippen molar-refractivity contribution in [2.45, 2.75) is 32.2 Å². The van der Waals surface area contributed by atoms with Crippen molar-refractivity contribution in [1.82, 2.24) is 9.47 Å². The first kappa shape index (κ1) is 13.5. The Hall–Kier alpha value is -1.48. The zero-order chi connectivity index (χ0) is 14.3. The predicted molar refractivity (Wildman–Crippen MR) is 83.6 cm³/mol. The number of hydrogen-bond acceptors (Lipinski definition) is 2. The van der Waals surface area contributed by atoms with Crippen LogP contribution in [0.2, 0.25) is 0 Å². The summed E-state index contributed by atoms with van der Waals surface area (Å²) < 4.78 is 8.08. The van der Waals surface area contributed by atoms with E-state index < -0.39 is 0 Å². The lowest BCUT2D eigenvalue weighted by atomic mass is 9.96. The highest BCUT2D eigenvalue weighted by Gasteiger charge is 2.19. The molecule has 0 bridgehead atoms. The summed E-state index contributed by atoms with van der Waals surface area (Å²) >= 11 is 0. The molecule has 1 atom stereocenters. The van der Waals surface area contributed by atoms with Gasteiger partial charge in [-0.2, -0.15) is 0 Å². The van der Waals surface area contributed by atoms with Crippen LogP contribution in [0, 0.1) is 0 Å². The Bertz CT molecular complexity index is 627. The summed E-state index contributed by atoms with van der Waals surface area (Å²) in [6, 6.07) is 4.88. The summed E-state index contributed by atoms with van der Waals surface area (Å²) in [6.07, 6.45) is 5.64. The molecule has 0 N–H and O–H groups in total. The second-order valence-corrected chi connectivity index (χ2v) is 6.17. The van der Waals surface area contributed by atoms with Crippen LogP contribution in [0.5, 0.6) is 5.75 Å². The van der Waals surface area contributed by atoms with E-state index in [9.17, 15) is 0 Å². The number of aryl methyl sites for hydroxylation is 2. The minimum atomic E-state index is 0.543. The fourth-order valence-corrected chi connectivity index (χ4v) is 3.11. The summed E-state index contributed by atoms with van der Waals surface area (Å²) in [5, 5.41) is 1.43. The van der Waals surface area contributed by atoms with Crippen molar-refractivity contribution in [3.63, 3.8) is 0 Å². The van der Waals surface area contributed by atoms with E-state index >= 15 is 0 Å². The van der Waals surface area contributed by atoms with E-state index in [0.717, 1.165) is 31.6 Å².